The highest BCUT2D eigenvalue weighted by molar-refractivity contribution is 6.14. The fourth-order valence-electron chi connectivity index (χ4n) is 2.64. The fourth-order valence-corrected chi connectivity index (χ4v) is 2.64. The second-order valence-corrected chi connectivity index (χ2v) is 5.70. The molecule has 0 spiro atoms. The van der Waals surface area contributed by atoms with Crippen LogP contribution in [0.4, 0.5) is 0 Å². The highest BCUT2D eigenvalue weighted by Crippen LogP contribution is 2.19. The molecular weight excluding hydrogens is 362 g/mol. The van der Waals surface area contributed by atoms with Gasteiger partial charge in [0.2, 0.25) is 0 Å². The Hall–Kier alpha value is -3.48. The molecule has 0 radical (unpaired) electrons. The van der Waals surface area contributed by atoms with Crippen LogP contribution in [0.5, 0.6) is 0 Å². The van der Waals surface area contributed by atoms with E-state index in [0.717, 1.165) is 21.3 Å². The molecule has 0 amide bonds. The Bertz CT molecular complexity index is 790. The fraction of sp³-hybridized carbons (Fsp3) is 0.238. The van der Waals surface area contributed by atoms with E-state index in [1.54, 1.807) is 0 Å². The summed E-state index contributed by atoms with van der Waals surface area (Å²) in [5.74, 6) is -4.33. The SMILES string of the molecule is COC(=O)C(C(=O)OC)[C@H](N=C(c1ccccc1)c1ccccc1)C(=O)OC. The molecule has 0 saturated carbocycles. The third-order valence-electron chi connectivity index (χ3n) is 4.03. The van der Waals surface area contributed by atoms with Gasteiger partial charge in [-0.1, -0.05) is 60.7 Å². The Kier molecular flexibility index (Phi) is 7.45. The van der Waals surface area contributed by atoms with Gasteiger partial charge in [-0.05, 0) is 0 Å². The van der Waals surface area contributed by atoms with E-state index in [0.29, 0.717) is 16.8 Å². The maximum Gasteiger partial charge on any atom is 0.332 e. The van der Waals surface area contributed by atoms with E-state index in [-0.39, 0.29) is 0 Å². The lowest BCUT2D eigenvalue weighted by Gasteiger charge is -2.20. The van der Waals surface area contributed by atoms with Gasteiger partial charge in [-0.3, -0.25) is 14.6 Å². The Balaban J connectivity index is 2.67. The molecule has 146 valence electrons. The van der Waals surface area contributed by atoms with E-state index in [1.165, 1.54) is 0 Å². The largest absolute Gasteiger partial charge is 0.468 e. The molecule has 0 aliphatic carbocycles. The molecule has 0 heterocycles. The topological polar surface area (TPSA) is 91.3 Å². The van der Waals surface area contributed by atoms with Gasteiger partial charge in [-0.15, -0.1) is 0 Å². The van der Waals surface area contributed by atoms with E-state index in [1.807, 2.05) is 60.7 Å². The van der Waals surface area contributed by atoms with Crippen LogP contribution in [0, 0.1) is 5.92 Å². The Morgan fingerprint density at radius 3 is 1.43 bits per heavy atom. The van der Waals surface area contributed by atoms with Gasteiger partial charge >= 0.3 is 17.9 Å². The van der Waals surface area contributed by atoms with Crippen LogP contribution in [0.25, 0.3) is 0 Å². The van der Waals surface area contributed by atoms with Crippen LogP contribution in [-0.2, 0) is 28.6 Å². The zero-order chi connectivity index (χ0) is 20.5. The number of hydrogen-bond donors (Lipinski definition) is 0. The van der Waals surface area contributed by atoms with Gasteiger partial charge < -0.3 is 14.2 Å². The molecule has 2 aromatic carbocycles. The zero-order valence-electron chi connectivity index (χ0n) is 15.8. The number of methoxy groups -OCH3 is 3. The predicted molar refractivity (Wildman–Crippen MR) is 102 cm³/mol. The third kappa shape index (κ3) is 4.82. The van der Waals surface area contributed by atoms with E-state index in [9.17, 15) is 14.4 Å². The zero-order valence-corrected chi connectivity index (χ0v) is 15.8. The van der Waals surface area contributed by atoms with Crippen molar-refractivity contribution in [1.29, 1.82) is 0 Å². The maximum absolute atomic E-state index is 12.4. The maximum atomic E-state index is 12.4. The van der Waals surface area contributed by atoms with Crippen molar-refractivity contribution >= 4 is 23.6 Å². The molecule has 0 aliphatic heterocycles. The quantitative estimate of drug-likeness (QED) is 0.314. The standard InChI is InChI=1S/C21H21NO6/c1-26-19(23)16(20(24)27-2)18(21(25)28-3)22-17(14-10-6-4-7-11-14)15-12-8-5-9-13-15/h4-13,16,18H,1-3H3/t18-/m0/s1. The number of nitrogens with zero attached hydrogens (tertiary/aromatic N) is 1. The summed E-state index contributed by atoms with van der Waals surface area (Å²) in [5.41, 5.74) is 1.83. The minimum absolute atomic E-state index is 0.425. The van der Waals surface area contributed by atoms with Crippen molar-refractivity contribution in [1.82, 2.24) is 0 Å². The van der Waals surface area contributed by atoms with Crippen LogP contribution in [0.1, 0.15) is 11.1 Å². The first-order valence-electron chi connectivity index (χ1n) is 8.45. The summed E-state index contributed by atoms with van der Waals surface area (Å²) in [6.45, 7) is 0. The average molecular weight is 383 g/mol. The van der Waals surface area contributed by atoms with Crippen molar-refractivity contribution in [3.05, 3.63) is 71.8 Å². The van der Waals surface area contributed by atoms with E-state index in [2.05, 4.69) is 14.5 Å². The molecule has 0 aliphatic rings. The number of rotatable bonds is 7. The van der Waals surface area contributed by atoms with Gasteiger partial charge in [0.1, 0.15) is 0 Å². The Morgan fingerprint density at radius 2 is 1.07 bits per heavy atom. The van der Waals surface area contributed by atoms with Gasteiger partial charge in [-0.25, -0.2) is 4.79 Å². The highest BCUT2D eigenvalue weighted by atomic mass is 16.5. The molecule has 0 fully saturated rings. The predicted octanol–water partition coefficient (Wildman–Crippen LogP) is 2.03. The number of ether oxygens (including phenoxy) is 3. The molecule has 0 bridgehead atoms. The lowest BCUT2D eigenvalue weighted by Crippen LogP contribution is -2.41. The normalized spacial score (nSPS) is 11.3. The number of carbonyl (C=O) groups excluding carboxylic acids is 3. The molecule has 7 nitrogen and oxygen atoms in total. The van der Waals surface area contributed by atoms with Crippen LogP contribution in [0.2, 0.25) is 0 Å². The lowest BCUT2D eigenvalue weighted by atomic mass is 9.97. The molecule has 7 heteroatoms. The van der Waals surface area contributed by atoms with Gasteiger partial charge in [0, 0.05) is 11.1 Å². The molecule has 1 atom stereocenters. The summed E-state index contributed by atoms with van der Waals surface area (Å²) in [6.07, 6.45) is 0. The van der Waals surface area contributed by atoms with Crippen LogP contribution >= 0.6 is 0 Å². The summed E-state index contributed by atoms with van der Waals surface area (Å²) in [6, 6.07) is 16.7. The number of carbonyl (C=O) groups is 3. The Morgan fingerprint density at radius 1 is 0.679 bits per heavy atom. The lowest BCUT2D eigenvalue weighted by molar-refractivity contribution is -0.164. The van der Waals surface area contributed by atoms with E-state index in [4.69, 9.17) is 4.74 Å². The number of esters is 3. The minimum atomic E-state index is -1.59. The van der Waals surface area contributed by atoms with E-state index < -0.39 is 29.9 Å². The Labute approximate surface area is 162 Å². The summed E-state index contributed by atoms with van der Waals surface area (Å²) in [4.78, 5) is 41.4. The van der Waals surface area contributed by atoms with Crippen molar-refractivity contribution < 1.29 is 28.6 Å². The van der Waals surface area contributed by atoms with Crippen LogP contribution in [0.15, 0.2) is 65.7 Å². The molecule has 0 aromatic heterocycles. The second kappa shape index (κ2) is 10.0. The summed E-state index contributed by atoms with van der Waals surface area (Å²) >= 11 is 0. The van der Waals surface area contributed by atoms with Crippen molar-refractivity contribution in [2.75, 3.05) is 21.3 Å². The van der Waals surface area contributed by atoms with Gasteiger partial charge in [0.15, 0.2) is 12.0 Å². The molecule has 0 N–H and O–H groups in total. The number of hydrogen-bond acceptors (Lipinski definition) is 7. The summed E-state index contributed by atoms with van der Waals surface area (Å²) < 4.78 is 14.2. The molecular formula is C21H21NO6. The van der Waals surface area contributed by atoms with Gasteiger partial charge in [-0.2, -0.15) is 0 Å². The average Bonchev–Trinajstić information content (AvgIpc) is 2.76. The van der Waals surface area contributed by atoms with Crippen molar-refractivity contribution in [3.8, 4) is 0 Å². The summed E-state index contributed by atoms with van der Waals surface area (Å²) in [5, 5.41) is 0. The monoisotopic (exact) mass is 383 g/mol. The first-order chi connectivity index (χ1) is 13.5. The summed E-state index contributed by atoms with van der Waals surface area (Å²) in [7, 11) is 3.39. The molecule has 2 aromatic rings. The first kappa shape index (κ1) is 20.8. The van der Waals surface area contributed by atoms with Crippen LogP contribution in [0.3, 0.4) is 0 Å². The number of benzene rings is 2. The molecule has 28 heavy (non-hydrogen) atoms. The van der Waals surface area contributed by atoms with Gasteiger partial charge in [0.25, 0.3) is 0 Å². The molecule has 0 unspecified atom stereocenters. The van der Waals surface area contributed by atoms with Crippen LogP contribution < -0.4 is 0 Å². The van der Waals surface area contributed by atoms with Crippen LogP contribution in [-0.4, -0.2) is 51.0 Å². The second-order valence-electron chi connectivity index (χ2n) is 5.70. The van der Waals surface area contributed by atoms with Gasteiger partial charge in [0.05, 0.1) is 27.0 Å². The van der Waals surface area contributed by atoms with E-state index >= 15 is 0 Å². The van der Waals surface area contributed by atoms with Crippen molar-refractivity contribution in [2.24, 2.45) is 10.9 Å². The molecule has 2 rings (SSSR count). The molecule has 0 saturated heterocycles. The third-order valence-corrected chi connectivity index (χ3v) is 4.03. The minimum Gasteiger partial charge on any atom is -0.468 e. The smallest absolute Gasteiger partial charge is 0.332 e. The highest BCUT2D eigenvalue weighted by Gasteiger charge is 2.42. The number of aliphatic imine (C=N–C) groups is 1. The van der Waals surface area contributed by atoms with Crippen molar-refractivity contribution in [2.45, 2.75) is 6.04 Å². The first-order valence-corrected chi connectivity index (χ1v) is 8.45. The van der Waals surface area contributed by atoms with Crippen molar-refractivity contribution in [3.63, 3.8) is 0 Å².